The molecule has 36 heavy (non-hydrogen) atoms. The van der Waals surface area contributed by atoms with Crippen molar-refractivity contribution in [1.82, 2.24) is 0 Å². The van der Waals surface area contributed by atoms with E-state index in [1.807, 2.05) is 0 Å². The lowest BCUT2D eigenvalue weighted by molar-refractivity contribution is -0.149. The van der Waals surface area contributed by atoms with Crippen LogP contribution in [0.1, 0.15) is 195 Å². The minimum absolute atomic E-state index is 0.0535. The second-order valence-electron chi connectivity index (χ2n) is 11.8. The fraction of sp³-hybridized carbons (Fsp3) is 0.971. The Morgan fingerprint density at radius 2 is 0.778 bits per heavy atom. The maximum Gasteiger partial charge on any atom is 0.308 e. The van der Waals surface area contributed by atoms with Gasteiger partial charge in [-0.05, 0) is 25.2 Å². The minimum atomic E-state index is 0.0535. The van der Waals surface area contributed by atoms with Gasteiger partial charge >= 0.3 is 5.97 Å². The number of esters is 1. The highest BCUT2D eigenvalue weighted by Crippen LogP contribution is 2.21. The van der Waals surface area contributed by atoms with Gasteiger partial charge in [-0.2, -0.15) is 0 Å². The molecule has 1 unspecified atom stereocenters. The minimum Gasteiger partial charge on any atom is -0.465 e. The van der Waals surface area contributed by atoms with E-state index in [9.17, 15) is 4.79 Å². The quantitative estimate of drug-likeness (QED) is 0.0741. The van der Waals surface area contributed by atoms with E-state index in [1.165, 1.54) is 161 Å². The molecular weight excluding hydrogens is 440 g/mol. The van der Waals surface area contributed by atoms with Crippen LogP contribution < -0.4 is 0 Å². The molecule has 0 aliphatic carbocycles. The normalized spacial score (nSPS) is 12.4. The third-order valence-corrected chi connectivity index (χ3v) is 8.04. The van der Waals surface area contributed by atoms with Crippen molar-refractivity contribution in [2.24, 2.45) is 11.8 Å². The Kier molecular flexibility index (Phi) is 28.6. The molecule has 0 aromatic carbocycles. The zero-order valence-corrected chi connectivity index (χ0v) is 25.6. The fourth-order valence-corrected chi connectivity index (χ4v) is 5.31. The summed E-state index contributed by atoms with van der Waals surface area (Å²) in [6.07, 6.45) is 34.6. The van der Waals surface area contributed by atoms with Crippen LogP contribution >= 0.6 is 0 Å². The number of carbonyl (C=O) groups excluding carboxylic acids is 1. The van der Waals surface area contributed by atoms with E-state index < -0.39 is 0 Å². The van der Waals surface area contributed by atoms with Crippen LogP contribution in [-0.2, 0) is 9.53 Å². The van der Waals surface area contributed by atoms with Crippen LogP contribution in [0.2, 0.25) is 0 Å². The molecule has 0 amide bonds. The zero-order chi connectivity index (χ0) is 26.5. The van der Waals surface area contributed by atoms with Crippen molar-refractivity contribution in [3.05, 3.63) is 0 Å². The van der Waals surface area contributed by atoms with Gasteiger partial charge in [0, 0.05) is 0 Å². The number of ether oxygens (including phenoxy) is 1. The molecule has 2 heteroatoms. The average molecular weight is 509 g/mol. The van der Waals surface area contributed by atoms with E-state index in [0.29, 0.717) is 12.5 Å². The maximum atomic E-state index is 12.6. The molecule has 0 aromatic heterocycles. The predicted molar refractivity (Wildman–Crippen MR) is 161 cm³/mol. The van der Waals surface area contributed by atoms with Gasteiger partial charge in [-0.1, -0.05) is 175 Å². The summed E-state index contributed by atoms with van der Waals surface area (Å²) in [5.74, 6) is 0.685. The van der Waals surface area contributed by atoms with Crippen LogP contribution in [0.3, 0.4) is 0 Å². The topological polar surface area (TPSA) is 26.3 Å². The molecular formula is C34H68O2. The molecule has 0 radical (unpaired) electrons. The molecule has 0 aromatic rings. The predicted octanol–water partition coefficient (Wildman–Crippen LogP) is 12.0. The van der Waals surface area contributed by atoms with Crippen LogP contribution in [0, 0.1) is 11.8 Å². The van der Waals surface area contributed by atoms with Gasteiger partial charge in [0.2, 0.25) is 0 Å². The van der Waals surface area contributed by atoms with Gasteiger partial charge in [-0.25, -0.2) is 0 Å². The molecule has 0 rings (SSSR count). The summed E-state index contributed by atoms with van der Waals surface area (Å²) >= 11 is 0. The molecule has 2 nitrogen and oxygen atoms in total. The van der Waals surface area contributed by atoms with E-state index in [4.69, 9.17) is 4.74 Å². The summed E-state index contributed by atoms with van der Waals surface area (Å²) in [5, 5.41) is 0. The highest BCUT2D eigenvalue weighted by Gasteiger charge is 2.17. The van der Waals surface area contributed by atoms with Crippen molar-refractivity contribution in [3.8, 4) is 0 Å². The van der Waals surface area contributed by atoms with Gasteiger partial charge in [-0.15, -0.1) is 0 Å². The van der Waals surface area contributed by atoms with E-state index in [-0.39, 0.29) is 11.9 Å². The number of hydrogen-bond donors (Lipinski definition) is 0. The van der Waals surface area contributed by atoms with Crippen LogP contribution in [0.4, 0.5) is 0 Å². The first-order valence-corrected chi connectivity index (χ1v) is 16.8. The summed E-state index contributed by atoms with van der Waals surface area (Å²) in [5.41, 5.74) is 0. The van der Waals surface area contributed by atoms with Gasteiger partial charge in [0.05, 0.1) is 12.5 Å². The summed E-state index contributed by atoms with van der Waals surface area (Å²) in [6, 6.07) is 0. The lowest BCUT2D eigenvalue weighted by atomic mass is 9.94. The standard InChI is InChI=1S/C34H68O2/c1-5-8-11-14-17-20-23-26-29-33(30-27-24-21-18-15-12-9-6-2)31-36-34(35)32(4)28-25-22-19-16-13-10-7-3/h32-33H,5-31H2,1-4H3. The van der Waals surface area contributed by atoms with Gasteiger partial charge < -0.3 is 4.74 Å². The molecule has 0 bridgehead atoms. The highest BCUT2D eigenvalue weighted by atomic mass is 16.5. The van der Waals surface area contributed by atoms with Gasteiger partial charge in [0.25, 0.3) is 0 Å². The van der Waals surface area contributed by atoms with Crippen LogP contribution in [-0.4, -0.2) is 12.6 Å². The van der Waals surface area contributed by atoms with Crippen molar-refractivity contribution in [2.75, 3.05) is 6.61 Å². The molecule has 216 valence electrons. The lowest BCUT2D eigenvalue weighted by Gasteiger charge is -2.19. The Morgan fingerprint density at radius 3 is 1.14 bits per heavy atom. The third-order valence-electron chi connectivity index (χ3n) is 8.04. The van der Waals surface area contributed by atoms with Gasteiger partial charge in [0.1, 0.15) is 0 Å². The number of unbranched alkanes of at least 4 members (excludes halogenated alkanes) is 20. The largest absolute Gasteiger partial charge is 0.465 e. The lowest BCUT2D eigenvalue weighted by Crippen LogP contribution is -2.20. The van der Waals surface area contributed by atoms with Crippen molar-refractivity contribution in [3.63, 3.8) is 0 Å². The molecule has 0 N–H and O–H groups in total. The first-order valence-electron chi connectivity index (χ1n) is 16.8. The number of carbonyl (C=O) groups is 1. The van der Waals surface area contributed by atoms with Crippen molar-refractivity contribution < 1.29 is 9.53 Å². The Balaban J connectivity index is 4.15. The average Bonchev–Trinajstić information content (AvgIpc) is 2.88. The van der Waals surface area contributed by atoms with Crippen molar-refractivity contribution in [1.29, 1.82) is 0 Å². The summed E-state index contributed by atoms with van der Waals surface area (Å²) in [4.78, 5) is 12.6. The molecule has 0 aliphatic heterocycles. The molecule has 0 saturated carbocycles. The van der Waals surface area contributed by atoms with E-state index in [0.717, 1.165) is 6.42 Å². The summed E-state index contributed by atoms with van der Waals surface area (Å²) in [7, 11) is 0. The zero-order valence-electron chi connectivity index (χ0n) is 25.6. The second kappa shape index (κ2) is 29.0. The van der Waals surface area contributed by atoms with Crippen LogP contribution in [0.15, 0.2) is 0 Å². The Hall–Kier alpha value is -0.530. The first-order chi connectivity index (χ1) is 17.7. The van der Waals surface area contributed by atoms with Crippen molar-refractivity contribution >= 4 is 5.97 Å². The molecule has 0 fully saturated rings. The highest BCUT2D eigenvalue weighted by molar-refractivity contribution is 5.71. The van der Waals surface area contributed by atoms with E-state index >= 15 is 0 Å². The monoisotopic (exact) mass is 509 g/mol. The summed E-state index contributed by atoms with van der Waals surface area (Å²) in [6.45, 7) is 9.58. The van der Waals surface area contributed by atoms with Crippen LogP contribution in [0.5, 0.6) is 0 Å². The first kappa shape index (κ1) is 35.5. The smallest absolute Gasteiger partial charge is 0.308 e. The fourth-order valence-electron chi connectivity index (χ4n) is 5.31. The molecule has 0 spiro atoms. The molecule has 0 aliphatic rings. The molecule has 1 atom stereocenters. The second-order valence-corrected chi connectivity index (χ2v) is 11.8. The SMILES string of the molecule is CCCCCCCCCCC(CCCCCCCCCC)COC(=O)C(C)CCCCCCCCC. The van der Waals surface area contributed by atoms with Gasteiger partial charge in [-0.3, -0.25) is 4.79 Å². The number of hydrogen-bond acceptors (Lipinski definition) is 2. The Morgan fingerprint density at radius 1 is 0.472 bits per heavy atom. The Labute approximate surface area is 228 Å². The summed E-state index contributed by atoms with van der Waals surface area (Å²) < 4.78 is 5.88. The van der Waals surface area contributed by atoms with Crippen LogP contribution in [0.25, 0.3) is 0 Å². The maximum absolute atomic E-state index is 12.6. The van der Waals surface area contributed by atoms with E-state index in [1.54, 1.807) is 0 Å². The van der Waals surface area contributed by atoms with Gasteiger partial charge in [0.15, 0.2) is 0 Å². The van der Waals surface area contributed by atoms with Crippen molar-refractivity contribution in [2.45, 2.75) is 195 Å². The molecule has 0 saturated heterocycles. The molecule has 0 heterocycles. The third kappa shape index (κ3) is 25.1. The Bertz CT molecular complexity index is 413. The number of rotatable bonds is 29. The van der Waals surface area contributed by atoms with E-state index in [2.05, 4.69) is 27.7 Å².